The molecule has 1 N–H and O–H groups in total. The highest BCUT2D eigenvalue weighted by Gasteiger charge is 2.49. The molecular formula is C26H40N4O2. The van der Waals surface area contributed by atoms with Gasteiger partial charge in [-0.05, 0) is 44.2 Å². The number of rotatable bonds is 4. The van der Waals surface area contributed by atoms with Gasteiger partial charge in [0, 0.05) is 38.8 Å². The lowest BCUT2D eigenvalue weighted by molar-refractivity contribution is -0.135. The summed E-state index contributed by atoms with van der Waals surface area (Å²) in [4.78, 5) is 33.1. The van der Waals surface area contributed by atoms with Gasteiger partial charge in [0.15, 0.2) is 0 Å². The topological polar surface area (TPSA) is 55.9 Å². The van der Waals surface area contributed by atoms with E-state index in [4.69, 9.17) is 0 Å². The van der Waals surface area contributed by atoms with Crippen molar-refractivity contribution in [2.75, 3.05) is 33.2 Å². The molecule has 0 radical (unpaired) electrons. The standard InChI is InChI=1S/C26H40N4O2/c1-19-6-8-20(9-7-19)16-29-12-10-26(11-13-29)15-23(31)30-17-21(14-22(30)24(32)27-26)28(5)18-25(2,3)4/h6-9,21-22H,10-18H2,1-5H3,(H,27,32)/t21-,22-/m0/s1. The van der Waals surface area contributed by atoms with E-state index in [-0.39, 0.29) is 34.9 Å². The summed E-state index contributed by atoms with van der Waals surface area (Å²) in [7, 11) is 2.12. The van der Waals surface area contributed by atoms with E-state index in [2.05, 4.69) is 74.1 Å². The molecule has 0 bridgehead atoms. The van der Waals surface area contributed by atoms with Gasteiger partial charge in [0.05, 0.1) is 12.0 Å². The molecule has 6 nitrogen and oxygen atoms in total. The van der Waals surface area contributed by atoms with Crippen LogP contribution in [0.4, 0.5) is 0 Å². The van der Waals surface area contributed by atoms with Gasteiger partial charge in [0.2, 0.25) is 11.8 Å². The fourth-order valence-corrected chi connectivity index (χ4v) is 5.71. The molecule has 1 spiro atoms. The van der Waals surface area contributed by atoms with E-state index in [0.717, 1.165) is 45.4 Å². The summed E-state index contributed by atoms with van der Waals surface area (Å²) in [6, 6.07) is 8.63. The third-order valence-corrected chi connectivity index (χ3v) is 7.47. The minimum Gasteiger partial charge on any atom is -0.348 e. The van der Waals surface area contributed by atoms with E-state index >= 15 is 0 Å². The zero-order valence-electron chi connectivity index (χ0n) is 20.5. The largest absolute Gasteiger partial charge is 0.348 e. The number of benzene rings is 1. The summed E-state index contributed by atoms with van der Waals surface area (Å²) >= 11 is 0. The Hall–Kier alpha value is -1.92. The lowest BCUT2D eigenvalue weighted by Crippen LogP contribution is -2.56. The molecule has 2 amide bonds. The van der Waals surface area contributed by atoms with Gasteiger partial charge in [-0.15, -0.1) is 0 Å². The first-order valence-electron chi connectivity index (χ1n) is 12.1. The number of aryl methyl sites for hydroxylation is 1. The van der Waals surface area contributed by atoms with Gasteiger partial charge in [0.25, 0.3) is 0 Å². The second-order valence-corrected chi connectivity index (χ2v) is 11.6. The maximum atomic E-state index is 13.3. The van der Waals surface area contributed by atoms with Crippen LogP contribution in [0.25, 0.3) is 0 Å². The predicted molar refractivity (Wildman–Crippen MR) is 127 cm³/mol. The molecule has 4 rings (SSSR count). The summed E-state index contributed by atoms with van der Waals surface area (Å²) < 4.78 is 0. The van der Waals surface area contributed by atoms with E-state index in [0.29, 0.717) is 13.0 Å². The number of nitrogens with zero attached hydrogens (tertiary/aromatic N) is 3. The highest BCUT2D eigenvalue weighted by molar-refractivity contribution is 5.92. The molecule has 3 aliphatic rings. The summed E-state index contributed by atoms with van der Waals surface area (Å²) in [6.07, 6.45) is 2.84. The molecule has 0 unspecified atom stereocenters. The molecule has 1 aromatic rings. The van der Waals surface area contributed by atoms with Crippen molar-refractivity contribution < 1.29 is 9.59 Å². The summed E-state index contributed by atoms with van der Waals surface area (Å²) in [5, 5.41) is 3.35. The van der Waals surface area contributed by atoms with Crippen LogP contribution in [0, 0.1) is 12.3 Å². The third-order valence-electron chi connectivity index (χ3n) is 7.47. The number of fused-ring (bicyclic) bond motifs is 1. The van der Waals surface area contributed by atoms with Crippen molar-refractivity contribution in [1.82, 2.24) is 20.0 Å². The molecule has 176 valence electrons. The summed E-state index contributed by atoms with van der Waals surface area (Å²) in [5.74, 6) is 0.196. The van der Waals surface area contributed by atoms with E-state index < -0.39 is 0 Å². The highest BCUT2D eigenvalue weighted by Crippen LogP contribution is 2.34. The van der Waals surface area contributed by atoms with Crippen LogP contribution in [0.1, 0.15) is 57.6 Å². The first-order chi connectivity index (χ1) is 15.0. The average Bonchev–Trinajstić information content (AvgIpc) is 3.13. The van der Waals surface area contributed by atoms with Crippen molar-refractivity contribution in [2.45, 2.75) is 77.5 Å². The van der Waals surface area contributed by atoms with Crippen LogP contribution >= 0.6 is 0 Å². The van der Waals surface area contributed by atoms with Crippen LogP contribution < -0.4 is 5.32 Å². The van der Waals surface area contributed by atoms with Gasteiger partial charge in [-0.3, -0.25) is 14.5 Å². The van der Waals surface area contributed by atoms with Gasteiger partial charge in [0.1, 0.15) is 6.04 Å². The fourth-order valence-electron chi connectivity index (χ4n) is 5.71. The Morgan fingerprint density at radius 2 is 1.78 bits per heavy atom. The molecule has 3 saturated heterocycles. The minimum absolute atomic E-state index is 0.0505. The predicted octanol–water partition coefficient (Wildman–Crippen LogP) is 2.80. The van der Waals surface area contributed by atoms with Crippen LogP contribution in [0.3, 0.4) is 0 Å². The van der Waals surface area contributed by atoms with Crippen molar-refractivity contribution in [3.05, 3.63) is 35.4 Å². The number of nitrogens with one attached hydrogen (secondary N) is 1. The molecular weight excluding hydrogens is 400 g/mol. The van der Waals surface area contributed by atoms with E-state index in [1.165, 1.54) is 11.1 Å². The smallest absolute Gasteiger partial charge is 0.243 e. The first kappa shape index (κ1) is 23.2. The molecule has 3 aliphatic heterocycles. The number of likely N-dealkylation sites (tertiary alicyclic amines) is 1. The molecule has 2 atom stereocenters. The van der Waals surface area contributed by atoms with Gasteiger partial charge in [-0.25, -0.2) is 0 Å². The van der Waals surface area contributed by atoms with Gasteiger partial charge >= 0.3 is 0 Å². The molecule has 3 heterocycles. The number of hydrogen-bond donors (Lipinski definition) is 1. The van der Waals surface area contributed by atoms with Crippen molar-refractivity contribution in [1.29, 1.82) is 0 Å². The number of amides is 2. The second-order valence-electron chi connectivity index (χ2n) is 11.6. The monoisotopic (exact) mass is 440 g/mol. The number of carbonyl (C=O) groups excluding carboxylic acids is 2. The maximum absolute atomic E-state index is 13.3. The number of likely N-dealkylation sites (N-methyl/N-ethyl adjacent to an activating group) is 1. The van der Waals surface area contributed by atoms with Gasteiger partial charge in [-0.1, -0.05) is 50.6 Å². The fraction of sp³-hybridized carbons (Fsp3) is 0.692. The third kappa shape index (κ3) is 5.18. The number of carbonyl (C=O) groups is 2. The molecule has 0 aromatic heterocycles. The quantitative estimate of drug-likeness (QED) is 0.782. The first-order valence-corrected chi connectivity index (χ1v) is 12.1. The van der Waals surface area contributed by atoms with Crippen molar-refractivity contribution in [3.8, 4) is 0 Å². The summed E-state index contributed by atoms with van der Waals surface area (Å²) in [5.41, 5.74) is 2.41. The maximum Gasteiger partial charge on any atom is 0.243 e. The zero-order valence-corrected chi connectivity index (χ0v) is 20.5. The van der Waals surface area contributed by atoms with Crippen LogP contribution in [0.15, 0.2) is 24.3 Å². The SMILES string of the molecule is Cc1ccc(CN2CCC3(CC2)CC(=O)N2C[C@@H](N(C)CC(C)(C)C)C[C@H]2C(=O)N3)cc1. The zero-order chi connectivity index (χ0) is 23.1. The molecule has 32 heavy (non-hydrogen) atoms. The molecule has 3 fully saturated rings. The lowest BCUT2D eigenvalue weighted by atomic mass is 9.83. The van der Waals surface area contributed by atoms with Gasteiger partial charge < -0.3 is 15.1 Å². The van der Waals surface area contributed by atoms with Crippen molar-refractivity contribution in [3.63, 3.8) is 0 Å². The van der Waals surface area contributed by atoms with Crippen LogP contribution in [0.5, 0.6) is 0 Å². The Labute approximate surface area is 193 Å². The molecule has 0 aliphatic carbocycles. The van der Waals surface area contributed by atoms with E-state index in [1.54, 1.807) is 0 Å². The van der Waals surface area contributed by atoms with Crippen molar-refractivity contribution >= 4 is 11.8 Å². The lowest BCUT2D eigenvalue weighted by Gasteiger charge is -2.41. The summed E-state index contributed by atoms with van der Waals surface area (Å²) in [6.45, 7) is 13.1. The van der Waals surface area contributed by atoms with Crippen LogP contribution in [0.2, 0.25) is 0 Å². The second kappa shape index (κ2) is 8.79. The molecule has 6 heteroatoms. The van der Waals surface area contributed by atoms with Crippen LogP contribution in [-0.4, -0.2) is 77.4 Å². The minimum atomic E-state index is -0.380. The highest BCUT2D eigenvalue weighted by atomic mass is 16.2. The van der Waals surface area contributed by atoms with Gasteiger partial charge in [-0.2, -0.15) is 0 Å². The Kier molecular flexibility index (Phi) is 6.38. The Balaban J connectivity index is 1.37. The molecule has 0 saturated carbocycles. The van der Waals surface area contributed by atoms with E-state index in [9.17, 15) is 9.59 Å². The Bertz CT molecular complexity index is 808. The number of piperidine rings is 1. The van der Waals surface area contributed by atoms with Crippen molar-refractivity contribution in [2.24, 2.45) is 5.41 Å². The molecule has 1 aromatic carbocycles. The van der Waals surface area contributed by atoms with E-state index in [1.807, 2.05) is 4.90 Å². The normalized spacial score (nSPS) is 26.4. The number of hydrogen-bond acceptors (Lipinski definition) is 4. The Morgan fingerprint density at radius 1 is 1.12 bits per heavy atom. The van der Waals surface area contributed by atoms with Crippen LogP contribution in [-0.2, 0) is 16.1 Å². The Morgan fingerprint density at radius 3 is 2.41 bits per heavy atom. The average molecular weight is 441 g/mol.